The fourth-order valence-electron chi connectivity index (χ4n) is 1.86. The molecule has 3 rings (SSSR count). The van der Waals surface area contributed by atoms with Crippen molar-refractivity contribution in [1.29, 1.82) is 0 Å². The molecule has 96 valence electrons. The Hall–Kier alpha value is -2.56. The van der Waals surface area contributed by atoms with Crippen LogP contribution in [0.2, 0.25) is 0 Å². The Morgan fingerprint density at radius 1 is 1.21 bits per heavy atom. The van der Waals surface area contributed by atoms with Gasteiger partial charge in [-0.1, -0.05) is 18.2 Å². The summed E-state index contributed by atoms with van der Waals surface area (Å²) >= 11 is 0. The van der Waals surface area contributed by atoms with Crippen molar-refractivity contribution in [3.8, 4) is 5.75 Å². The number of rotatable bonds is 2. The predicted molar refractivity (Wildman–Crippen MR) is 64.8 cm³/mol. The molecule has 0 bridgehead atoms. The van der Waals surface area contributed by atoms with E-state index in [2.05, 4.69) is 0 Å². The Morgan fingerprint density at radius 3 is 2.74 bits per heavy atom. The highest BCUT2D eigenvalue weighted by molar-refractivity contribution is 6.21. The highest BCUT2D eigenvalue weighted by Gasteiger charge is 2.28. The van der Waals surface area contributed by atoms with E-state index in [0.29, 0.717) is 22.5 Å². The van der Waals surface area contributed by atoms with Crippen LogP contribution in [0.3, 0.4) is 0 Å². The number of esters is 2. The Balaban J connectivity index is 1.82. The number of carbonyl (C=O) groups is 2. The highest BCUT2D eigenvalue weighted by Crippen LogP contribution is 2.33. The van der Waals surface area contributed by atoms with Gasteiger partial charge in [-0.2, -0.15) is 0 Å². The monoisotopic (exact) mass is 258 g/mol. The molecule has 0 saturated heterocycles. The molecule has 5 heteroatoms. The Morgan fingerprint density at radius 2 is 2.00 bits per heavy atom. The number of para-hydroxylation sites is 1. The first kappa shape index (κ1) is 11.5. The molecule has 5 nitrogen and oxygen atoms in total. The van der Waals surface area contributed by atoms with Crippen molar-refractivity contribution < 1.29 is 23.8 Å². The summed E-state index contributed by atoms with van der Waals surface area (Å²) in [6.45, 7) is 1.64. The van der Waals surface area contributed by atoms with E-state index in [-0.39, 0.29) is 0 Å². The molecule has 0 aliphatic carbocycles. The summed E-state index contributed by atoms with van der Waals surface area (Å²) in [5.74, 6) is -0.401. The van der Waals surface area contributed by atoms with Crippen LogP contribution in [0.1, 0.15) is 12.5 Å². The molecule has 0 spiro atoms. The SMILES string of the molecule is CC1=C[C@H](O/C=C2\C(=O)Oc3ccccc32)OC1=O. The zero-order valence-electron chi connectivity index (χ0n) is 10.1. The molecule has 1 aromatic rings. The maximum absolute atomic E-state index is 11.7. The predicted octanol–water partition coefficient (Wildman–Crippen LogP) is 1.79. The third-order valence-electron chi connectivity index (χ3n) is 2.85. The second kappa shape index (κ2) is 4.28. The quantitative estimate of drug-likeness (QED) is 0.350. The smallest absolute Gasteiger partial charge is 0.347 e. The van der Waals surface area contributed by atoms with Crippen molar-refractivity contribution >= 4 is 17.5 Å². The minimum atomic E-state index is -0.791. The van der Waals surface area contributed by atoms with Gasteiger partial charge in [0.25, 0.3) is 6.29 Å². The second-order valence-corrected chi connectivity index (χ2v) is 4.18. The molecule has 0 fully saturated rings. The molecule has 1 aromatic carbocycles. The summed E-state index contributed by atoms with van der Waals surface area (Å²) in [6, 6.07) is 7.04. The van der Waals surface area contributed by atoms with E-state index in [4.69, 9.17) is 14.2 Å². The van der Waals surface area contributed by atoms with Crippen LogP contribution in [-0.2, 0) is 19.1 Å². The van der Waals surface area contributed by atoms with Gasteiger partial charge in [0, 0.05) is 17.2 Å². The summed E-state index contributed by atoms with van der Waals surface area (Å²) in [5, 5.41) is 0. The van der Waals surface area contributed by atoms with Gasteiger partial charge in [-0.25, -0.2) is 9.59 Å². The lowest BCUT2D eigenvalue weighted by Gasteiger charge is -2.07. The second-order valence-electron chi connectivity index (χ2n) is 4.18. The van der Waals surface area contributed by atoms with Gasteiger partial charge in [-0.3, -0.25) is 0 Å². The normalized spacial score (nSPS) is 22.9. The molecule has 2 heterocycles. The molecule has 0 amide bonds. The molecule has 0 unspecified atom stereocenters. The molecule has 0 aromatic heterocycles. The number of fused-ring (bicyclic) bond motifs is 1. The van der Waals surface area contributed by atoms with Gasteiger partial charge in [0.1, 0.15) is 17.6 Å². The van der Waals surface area contributed by atoms with Crippen molar-refractivity contribution in [2.45, 2.75) is 13.2 Å². The van der Waals surface area contributed by atoms with Crippen LogP contribution in [-0.4, -0.2) is 18.2 Å². The zero-order chi connectivity index (χ0) is 13.4. The Kier molecular flexibility index (Phi) is 2.59. The van der Waals surface area contributed by atoms with E-state index < -0.39 is 18.2 Å². The minimum absolute atomic E-state index is 0.310. The molecule has 0 saturated carbocycles. The van der Waals surface area contributed by atoms with Crippen LogP contribution in [0.15, 0.2) is 42.2 Å². The molecule has 0 N–H and O–H groups in total. The number of carbonyl (C=O) groups excluding carboxylic acids is 2. The van der Waals surface area contributed by atoms with Crippen LogP contribution in [0.25, 0.3) is 5.57 Å². The van der Waals surface area contributed by atoms with Gasteiger partial charge >= 0.3 is 11.9 Å². The van der Waals surface area contributed by atoms with Gasteiger partial charge in [0.15, 0.2) is 0 Å². The lowest BCUT2D eigenvalue weighted by Crippen LogP contribution is -2.10. The average Bonchev–Trinajstić information content (AvgIpc) is 2.87. The average molecular weight is 258 g/mol. The van der Waals surface area contributed by atoms with Gasteiger partial charge in [0.05, 0.1) is 0 Å². The summed E-state index contributed by atoms with van der Waals surface area (Å²) in [5.41, 5.74) is 1.46. The van der Waals surface area contributed by atoms with E-state index in [1.54, 1.807) is 37.3 Å². The van der Waals surface area contributed by atoms with Gasteiger partial charge < -0.3 is 14.2 Å². The van der Waals surface area contributed by atoms with Crippen molar-refractivity contribution in [3.05, 3.63) is 47.7 Å². The molecule has 0 radical (unpaired) electrons. The van der Waals surface area contributed by atoms with Crippen LogP contribution in [0.5, 0.6) is 5.75 Å². The van der Waals surface area contributed by atoms with E-state index in [9.17, 15) is 9.59 Å². The van der Waals surface area contributed by atoms with Crippen LogP contribution in [0.4, 0.5) is 0 Å². The minimum Gasteiger partial charge on any atom is -0.458 e. The maximum atomic E-state index is 11.7. The van der Waals surface area contributed by atoms with Crippen molar-refractivity contribution in [3.63, 3.8) is 0 Å². The van der Waals surface area contributed by atoms with E-state index >= 15 is 0 Å². The number of benzene rings is 1. The van der Waals surface area contributed by atoms with Crippen molar-refractivity contribution in [1.82, 2.24) is 0 Å². The molecule has 1 atom stereocenters. The first-order valence-electron chi connectivity index (χ1n) is 5.72. The number of cyclic esters (lactones) is 1. The van der Waals surface area contributed by atoms with E-state index in [1.807, 2.05) is 0 Å². The summed E-state index contributed by atoms with van der Waals surface area (Å²) < 4.78 is 15.2. The van der Waals surface area contributed by atoms with Gasteiger partial charge in [-0.15, -0.1) is 0 Å². The number of hydrogen-bond acceptors (Lipinski definition) is 5. The molecular formula is C14H10O5. The van der Waals surface area contributed by atoms with E-state index in [0.717, 1.165) is 0 Å². The fraction of sp³-hybridized carbons (Fsp3) is 0.143. The first-order valence-corrected chi connectivity index (χ1v) is 5.72. The lowest BCUT2D eigenvalue weighted by molar-refractivity contribution is -0.152. The molecule has 2 aliphatic rings. The first-order chi connectivity index (χ1) is 9.15. The third kappa shape index (κ3) is 1.99. The molecule has 19 heavy (non-hydrogen) atoms. The van der Waals surface area contributed by atoms with E-state index in [1.165, 1.54) is 6.26 Å². The molecule has 2 aliphatic heterocycles. The summed E-state index contributed by atoms with van der Waals surface area (Å²) in [7, 11) is 0. The van der Waals surface area contributed by atoms with Crippen LogP contribution >= 0.6 is 0 Å². The molecular weight excluding hydrogens is 248 g/mol. The van der Waals surface area contributed by atoms with Crippen molar-refractivity contribution in [2.75, 3.05) is 0 Å². The number of ether oxygens (including phenoxy) is 3. The third-order valence-corrected chi connectivity index (χ3v) is 2.85. The van der Waals surface area contributed by atoms with Crippen molar-refractivity contribution in [2.24, 2.45) is 0 Å². The topological polar surface area (TPSA) is 61.8 Å². The fourth-order valence-corrected chi connectivity index (χ4v) is 1.86. The largest absolute Gasteiger partial charge is 0.458 e. The lowest BCUT2D eigenvalue weighted by atomic mass is 10.1. The highest BCUT2D eigenvalue weighted by atomic mass is 16.7. The van der Waals surface area contributed by atoms with Crippen LogP contribution < -0.4 is 4.74 Å². The van der Waals surface area contributed by atoms with Crippen LogP contribution in [0, 0.1) is 0 Å². The number of hydrogen-bond donors (Lipinski definition) is 0. The summed E-state index contributed by atoms with van der Waals surface area (Å²) in [4.78, 5) is 22.8. The van der Waals surface area contributed by atoms with Gasteiger partial charge in [0.2, 0.25) is 0 Å². The zero-order valence-corrected chi connectivity index (χ0v) is 10.1. The Labute approximate surface area is 109 Å². The maximum Gasteiger partial charge on any atom is 0.347 e. The summed E-state index contributed by atoms with van der Waals surface area (Å²) in [6.07, 6.45) is 2.02. The standard InChI is InChI=1S/C14H10O5/c1-8-6-12(19-13(8)15)17-7-10-9-4-2-3-5-11(9)18-14(10)16/h2-7,12H,1H3/b10-7-/t12-/m1/s1. The van der Waals surface area contributed by atoms with Gasteiger partial charge in [-0.05, 0) is 13.0 Å². The Bertz CT molecular complexity index is 626.